The first-order valence-corrected chi connectivity index (χ1v) is 9.92. The number of sulfonamides is 1. The zero-order chi connectivity index (χ0) is 19.1. The molecule has 1 aliphatic rings. The summed E-state index contributed by atoms with van der Waals surface area (Å²) in [7, 11) is -2.76. The minimum absolute atomic E-state index is 0.0666. The number of hydrogen-bond donors (Lipinski definition) is 2. The number of likely N-dealkylation sites (N-methyl/N-ethyl adjacent to an activating group) is 1. The van der Waals surface area contributed by atoms with Gasteiger partial charge in [-0.15, -0.1) is 17.9 Å². The molecule has 0 bridgehead atoms. The number of aliphatic hydroxyl groups excluding tert-OH is 1. The van der Waals surface area contributed by atoms with Crippen molar-refractivity contribution in [1.29, 1.82) is 0 Å². The molecule has 3 rings (SSSR count). The second-order valence-corrected chi connectivity index (χ2v) is 8.80. The Balaban J connectivity index is 2.30. The van der Waals surface area contributed by atoms with E-state index in [4.69, 9.17) is 0 Å². The molecule has 2 N–H and O–H groups in total. The molecule has 7 nitrogen and oxygen atoms in total. The van der Waals surface area contributed by atoms with Crippen molar-refractivity contribution in [3.05, 3.63) is 53.2 Å². The number of carbonyl (C=O) groups is 1. The molecule has 1 aromatic heterocycles. The highest BCUT2D eigenvalue weighted by Gasteiger charge is 2.39. The zero-order valence-electron chi connectivity index (χ0n) is 14.2. The van der Waals surface area contributed by atoms with E-state index in [1.165, 1.54) is 30.5 Å². The topological polar surface area (TPSA) is 99.6 Å². The van der Waals surface area contributed by atoms with Crippen LogP contribution >= 0.6 is 11.3 Å². The molecular weight excluding hydrogens is 374 g/mol. The number of carbonyl (C=O) groups excluding carboxylic acids is 1. The maximum absolute atomic E-state index is 12.9. The van der Waals surface area contributed by atoms with E-state index in [9.17, 15) is 18.3 Å². The van der Waals surface area contributed by atoms with Crippen molar-refractivity contribution in [2.75, 3.05) is 13.6 Å². The summed E-state index contributed by atoms with van der Waals surface area (Å²) in [5.41, 5.74) is 0.215. The van der Waals surface area contributed by atoms with Gasteiger partial charge in [-0.1, -0.05) is 18.2 Å². The monoisotopic (exact) mass is 391 g/mol. The zero-order valence-corrected chi connectivity index (χ0v) is 15.8. The Labute approximate surface area is 155 Å². The van der Waals surface area contributed by atoms with E-state index in [1.54, 1.807) is 18.3 Å². The Morgan fingerprint density at radius 2 is 2.19 bits per heavy atom. The van der Waals surface area contributed by atoms with E-state index >= 15 is 0 Å². The fourth-order valence-electron chi connectivity index (χ4n) is 2.68. The van der Waals surface area contributed by atoms with Crippen molar-refractivity contribution in [2.24, 2.45) is 0 Å². The van der Waals surface area contributed by atoms with Crippen molar-refractivity contribution in [2.45, 2.75) is 11.8 Å². The lowest BCUT2D eigenvalue weighted by atomic mass is 10.0. The molecule has 0 unspecified atom stereocenters. The minimum Gasteiger partial charge on any atom is -0.505 e. The number of aliphatic hydroxyl groups is 1. The highest BCUT2D eigenvalue weighted by molar-refractivity contribution is 7.89. The van der Waals surface area contributed by atoms with Gasteiger partial charge in [-0.05, 0) is 13.0 Å². The van der Waals surface area contributed by atoms with E-state index < -0.39 is 21.7 Å². The minimum atomic E-state index is -3.99. The van der Waals surface area contributed by atoms with Crippen LogP contribution in [-0.2, 0) is 14.8 Å². The summed E-state index contributed by atoms with van der Waals surface area (Å²) in [5, 5.41) is 13.9. The van der Waals surface area contributed by atoms with Gasteiger partial charge in [0.15, 0.2) is 11.5 Å². The normalized spacial score (nSPS) is 15.5. The van der Waals surface area contributed by atoms with Crippen LogP contribution in [0.1, 0.15) is 10.4 Å². The van der Waals surface area contributed by atoms with Crippen LogP contribution < -0.4 is 5.32 Å². The van der Waals surface area contributed by atoms with E-state index in [2.05, 4.69) is 16.9 Å². The summed E-state index contributed by atoms with van der Waals surface area (Å²) in [6, 6.07) is 4.67. The predicted octanol–water partition coefficient (Wildman–Crippen LogP) is 2.28. The van der Waals surface area contributed by atoms with E-state index in [1.807, 2.05) is 6.92 Å². The molecule has 0 saturated heterocycles. The third-order valence-corrected chi connectivity index (χ3v) is 6.66. The van der Waals surface area contributed by atoms with Crippen molar-refractivity contribution in [3.8, 4) is 10.6 Å². The van der Waals surface area contributed by atoms with Gasteiger partial charge in [0.2, 0.25) is 0 Å². The first-order chi connectivity index (χ1) is 12.3. The molecule has 2 aromatic rings. The number of nitrogens with zero attached hydrogens (tertiary/aromatic N) is 2. The van der Waals surface area contributed by atoms with Gasteiger partial charge in [0.25, 0.3) is 15.9 Å². The fraction of sp³-hybridized carbons (Fsp3) is 0.176. The van der Waals surface area contributed by atoms with Gasteiger partial charge in [0.1, 0.15) is 5.01 Å². The van der Waals surface area contributed by atoms with Crippen molar-refractivity contribution in [1.82, 2.24) is 14.6 Å². The molecule has 0 radical (unpaired) electrons. The van der Waals surface area contributed by atoms with Crippen LogP contribution in [0.5, 0.6) is 0 Å². The molecule has 1 amide bonds. The number of nitrogens with one attached hydrogen (secondary N) is 1. The van der Waals surface area contributed by atoms with E-state index in [0.717, 1.165) is 9.18 Å². The number of fused-ring (bicyclic) bond motifs is 1. The standard InChI is InChI=1S/C17H17N3O4S2/c1-4-8-18-16(22)14-15(21)13-11(17-19-9-10(2)25-17)6-5-7-12(13)26(23,24)20(14)3/h4-7,9,21H,1,8H2,2-3H3,(H,18,22). The second kappa shape index (κ2) is 6.58. The van der Waals surface area contributed by atoms with Crippen LogP contribution in [-0.4, -0.2) is 42.3 Å². The SMILES string of the molecule is C=CCNC(=O)C1=C(O)c2c(-c3ncc(C)s3)cccc2S(=O)(=O)N1C. The number of thiazole rings is 1. The lowest BCUT2D eigenvalue weighted by molar-refractivity contribution is -0.118. The van der Waals surface area contributed by atoms with Gasteiger partial charge >= 0.3 is 0 Å². The van der Waals surface area contributed by atoms with Gasteiger partial charge in [0.05, 0.1) is 4.90 Å². The number of aryl methyl sites for hydroxylation is 1. The molecule has 2 heterocycles. The third-order valence-electron chi connectivity index (χ3n) is 3.91. The number of rotatable bonds is 4. The van der Waals surface area contributed by atoms with Crippen molar-refractivity contribution < 1.29 is 18.3 Å². The van der Waals surface area contributed by atoms with E-state index in [0.29, 0.717) is 10.6 Å². The molecule has 1 aliphatic heterocycles. The molecule has 0 saturated carbocycles. The summed E-state index contributed by atoms with van der Waals surface area (Å²) in [5.74, 6) is -1.11. The van der Waals surface area contributed by atoms with Crippen LogP contribution in [0, 0.1) is 6.92 Å². The summed E-state index contributed by atoms with van der Waals surface area (Å²) in [6.07, 6.45) is 3.13. The summed E-state index contributed by atoms with van der Waals surface area (Å²) < 4.78 is 26.6. The Morgan fingerprint density at radius 1 is 1.46 bits per heavy atom. The lowest BCUT2D eigenvalue weighted by Crippen LogP contribution is -2.40. The highest BCUT2D eigenvalue weighted by atomic mass is 32.2. The summed E-state index contributed by atoms with van der Waals surface area (Å²) in [6.45, 7) is 5.53. The highest BCUT2D eigenvalue weighted by Crippen LogP contribution is 2.41. The molecule has 0 atom stereocenters. The van der Waals surface area contributed by atoms with Crippen molar-refractivity contribution in [3.63, 3.8) is 0 Å². The molecule has 26 heavy (non-hydrogen) atoms. The van der Waals surface area contributed by atoms with Gasteiger partial charge in [-0.25, -0.2) is 13.4 Å². The van der Waals surface area contributed by atoms with Gasteiger partial charge in [-0.2, -0.15) is 0 Å². The quantitative estimate of drug-likeness (QED) is 0.779. The van der Waals surface area contributed by atoms with Crippen LogP contribution in [0.3, 0.4) is 0 Å². The van der Waals surface area contributed by atoms with Gasteiger partial charge in [0, 0.05) is 35.8 Å². The predicted molar refractivity (Wildman–Crippen MR) is 100.0 cm³/mol. The Kier molecular flexibility index (Phi) is 4.59. The summed E-state index contributed by atoms with van der Waals surface area (Å²) >= 11 is 1.37. The Morgan fingerprint density at radius 3 is 2.81 bits per heavy atom. The molecule has 0 fully saturated rings. The maximum Gasteiger partial charge on any atom is 0.272 e. The number of benzene rings is 1. The molecule has 9 heteroatoms. The number of hydrogen-bond acceptors (Lipinski definition) is 6. The first-order valence-electron chi connectivity index (χ1n) is 7.66. The molecule has 0 spiro atoms. The maximum atomic E-state index is 12.9. The smallest absolute Gasteiger partial charge is 0.272 e. The molecule has 1 aromatic carbocycles. The number of aromatic nitrogens is 1. The largest absolute Gasteiger partial charge is 0.505 e. The second-order valence-electron chi connectivity index (χ2n) is 5.62. The average molecular weight is 391 g/mol. The number of amides is 1. The van der Waals surface area contributed by atoms with Gasteiger partial charge < -0.3 is 10.4 Å². The van der Waals surface area contributed by atoms with Gasteiger partial charge in [-0.3, -0.25) is 9.10 Å². The van der Waals surface area contributed by atoms with Crippen molar-refractivity contribution >= 4 is 33.0 Å². The van der Waals surface area contributed by atoms with Crippen LogP contribution in [0.2, 0.25) is 0 Å². The lowest BCUT2D eigenvalue weighted by Gasteiger charge is -2.29. The Bertz CT molecular complexity index is 1040. The summed E-state index contributed by atoms with van der Waals surface area (Å²) in [4.78, 5) is 17.6. The Hall–Kier alpha value is -2.65. The first kappa shape index (κ1) is 18.2. The third kappa shape index (κ3) is 2.78. The van der Waals surface area contributed by atoms with Crippen LogP contribution in [0.4, 0.5) is 0 Å². The molecular formula is C17H17N3O4S2. The van der Waals surface area contributed by atoms with E-state index in [-0.39, 0.29) is 22.7 Å². The molecule has 0 aliphatic carbocycles. The van der Waals surface area contributed by atoms with Crippen LogP contribution in [0.25, 0.3) is 16.3 Å². The fourth-order valence-corrected chi connectivity index (χ4v) is 4.90. The average Bonchev–Trinajstić information content (AvgIpc) is 3.04. The van der Waals surface area contributed by atoms with Crippen LogP contribution in [0.15, 0.2) is 47.6 Å². The molecule has 136 valence electrons.